The fourth-order valence-corrected chi connectivity index (χ4v) is 5.63. The topological polar surface area (TPSA) is 66.1 Å². The predicted molar refractivity (Wildman–Crippen MR) is 129 cm³/mol. The highest BCUT2D eigenvalue weighted by atomic mass is 32.2. The molecule has 1 aromatic carbocycles. The maximum absolute atomic E-state index is 13.4. The van der Waals surface area contributed by atoms with Crippen molar-refractivity contribution in [1.82, 2.24) is 15.6 Å². The number of rotatable bonds is 5. The summed E-state index contributed by atoms with van der Waals surface area (Å²) in [6.07, 6.45) is 9.17. The highest BCUT2D eigenvalue weighted by Gasteiger charge is 2.18. The summed E-state index contributed by atoms with van der Waals surface area (Å²) in [6.45, 7) is 0. The first kappa shape index (κ1) is 22.4. The number of allylic oxidation sites excluding steroid dienone is 1. The molecule has 1 unspecified atom stereocenters. The van der Waals surface area contributed by atoms with Gasteiger partial charge in [0.2, 0.25) is 0 Å². The molecule has 168 valence electrons. The number of amides is 1. The number of hydrogen-bond donors (Lipinski definition) is 4. The van der Waals surface area contributed by atoms with E-state index in [1.807, 2.05) is 23.6 Å². The SMILES string of the molecule is O=C(NC1CCCCC1)c1cc([SH]2C=CC(NC(=S)Nc3ccc(F)c(F)c3)=C2)ccn1. The van der Waals surface area contributed by atoms with Crippen molar-refractivity contribution in [2.24, 2.45) is 0 Å². The normalized spacial score (nSPS) is 19.3. The molecule has 1 saturated carbocycles. The number of benzene rings is 1. The standard InChI is InChI=1S/C23H24F2N4OS2/c24-19-7-6-16(12-20(19)25)28-23(31)29-17-9-11-32(14-17)18-8-10-26-21(13-18)22(30)27-15-4-2-1-3-5-15/h6-15,32H,1-5H2,(H,27,30)(H2,28,29,31). The minimum absolute atomic E-state index is 0.129. The van der Waals surface area contributed by atoms with Gasteiger partial charge in [-0.15, -0.1) is 0 Å². The Bertz CT molecular complexity index is 1080. The van der Waals surface area contributed by atoms with Gasteiger partial charge < -0.3 is 16.0 Å². The summed E-state index contributed by atoms with van der Waals surface area (Å²) in [5, 5.41) is 13.3. The molecular weight excluding hydrogens is 450 g/mol. The van der Waals surface area contributed by atoms with Crippen LogP contribution in [-0.4, -0.2) is 22.0 Å². The summed E-state index contributed by atoms with van der Waals surface area (Å²) in [7, 11) is -0.761. The maximum Gasteiger partial charge on any atom is 0.270 e. The fraction of sp³-hybridized carbons (Fsp3) is 0.261. The molecule has 0 spiro atoms. The molecule has 1 atom stereocenters. The Kier molecular flexibility index (Phi) is 7.16. The van der Waals surface area contributed by atoms with Crippen LogP contribution in [0.15, 0.2) is 64.0 Å². The van der Waals surface area contributed by atoms with Crippen LogP contribution in [0.2, 0.25) is 0 Å². The Labute approximate surface area is 193 Å². The lowest BCUT2D eigenvalue weighted by molar-refractivity contribution is 0.0922. The highest BCUT2D eigenvalue weighted by molar-refractivity contribution is 8.22. The van der Waals surface area contributed by atoms with E-state index in [-0.39, 0.29) is 17.1 Å². The largest absolute Gasteiger partial charge is 0.348 e. The lowest BCUT2D eigenvalue weighted by Crippen LogP contribution is -2.36. The molecule has 4 rings (SSSR count). The summed E-state index contributed by atoms with van der Waals surface area (Å²) in [5.41, 5.74) is 1.57. The van der Waals surface area contributed by atoms with Crippen LogP contribution in [0.5, 0.6) is 0 Å². The van der Waals surface area contributed by atoms with E-state index in [0.717, 1.165) is 48.4 Å². The second-order valence-corrected chi connectivity index (χ2v) is 10.0. The first-order chi connectivity index (χ1) is 15.5. The Morgan fingerprint density at radius 2 is 1.88 bits per heavy atom. The van der Waals surface area contributed by atoms with Gasteiger partial charge in [0.15, 0.2) is 16.7 Å². The third-order valence-electron chi connectivity index (χ3n) is 5.34. The van der Waals surface area contributed by atoms with Crippen LogP contribution >= 0.6 is 23.1 Å². The minimum Gasteiger partial charge on any atom is -0.348 e. The Balaban J connectivity index is 1.36. The van der Waals surface area contributed by atoms with Crippen LogP contribution in [0.25, 0.3) is 0 Å². The lowest BCUT2D eigenvalue weighted by atomic mass is 9.95. The predicted octanol–water partition coefficient (Wildman–Crippen LogP) is 5.14. The van der Waals surface area contributed by atoms with Crippen molar-refractivity contribution in [2.45, 2.75) is 43.0 Å². The Hall–Kier alpha value is -2.78. The molecule has 2 aliphatic rings. The summed E-state index contributed by atoms with van der Waals surface area (Å²) < 4.78 is 26.4. The number of carbonyl (C=O) groups is 1. The summed E-state index contributed by atoms with van der Waals surface area (Å²) >= 11 is 5.27. The van der Waals surface area contributed by atoms with Gasteiger partial charge in [-0.1, -0.05) is 19.3 Å². The second kappa shape index (κ2) is 10.2. The first-order valence-electron chi connectivity index (χ1n) is 10.5. The Morgan fingerprint density at radius 1 is 1.06 bits per heavy atom. The number of thiocarbonyl (C=S) groups is 1. The van der Waals surface area contributed by atoms with Crippen molar-refractivity contribution >= 4 is 39.8 Å². The number of pyridine rings is 1. The van der Waals surface area contributed by atoms with E-state index in [1.165, 1.54) is 12.5 Å². The van der Waals surface area contributed by atoms with Crippen molar-refractivity contribution < 1.29 is 13.6 Å². The third-order valence-corrected chi connectivity index (χ3v) is 7.45. The molecule has 0 saturated heterocycles. The monoisotopic (exact) mass is 474 g/mol. The molecule has 1 amide bonds. The molecule has 1 aliphatic carbocycles. The van der Waals surface area contributed by atoms with Gasteiger partial charge in [0.05, 0.1) is 0 Å². The van der Waals surface area contributed by atoms with Crippen LogP contribution in [-0.2, 0) is 0 Å². The van der Waals surface area contributed by atoms with E-state index < -0.39 is 22.5 Å². The second-order valence-electron chi connectivity index (χ2n) is 7.72. The van der Waals surface area contributed by atoms with E-state index in [0.29, 0.717) is 11.4 Å². The number of nitrogens with zero attached hydrogens (tertiary/aromatic N) is 1. The van der Waals surface area contributed by atoms with Crippen LogP contribution < -0.4 is 16.0 Å². The zero-order valence-electron chi connectivity index (χ0n) is 17.3. The molecule has 0 radical (unpaired) electrons. The van der Waals surface area contributed by atoms with E-state index in [1.54, 1.807) is 6.20 Å². The molecule has 9 heteroatoms. The van der Waals surface area contributed by atoms with Crippen molar-refractivity contribution in [3.05, 3.63) is 76.4 Å². The van der Waals surface area contributed by atoms with Crippen molar-refractivity contribution in [3.8, 4) is 0 Å². The van der Waals surface area contributed by atoms with Crippen molar-refractivity contribution in [2.75, 3.05) is 5.32 Å². The smallest absolute Gasteiger partial charge is 0.270 e. The molecule has 1 fully saturated rings. The number of halogens is 2. The number of nitrogens with one attached hydrogen (secondary N) is 3. The summed E-state index contributed by atoms with van der Waals surface area (Å²) in [4.78, 5) is 17.9. The van der Waals surface area contributed by atoms with Gasteiger partial charge in [0, 0.05) is 29.7 Å². The molecule has 3 N–H and O–H groups in total. The van der Waals surface area contributed by atoms with E-state index >= 15 is 0 Å². The van der Waals surface area contributed by atoms with Gasteiger partial charge in [0.1, 0.15) is 5.69 Å². The third kappa shape index (κ3) is 5.72. The maximum atomic E-state index is 13.4. The van der Waals surface area contributed by atoms with Gasteiger partial charge in [-0.05, 0) is 71.1 Å². The highest BCUT2D eigenvalue weighted by Crippen LogP contribution is 2.43. The molecule has 1 aromatic heterocycles. The van der Waals surface area contributed by atoms with Gasteiger partial charge in [-0.3, -0.25) is 9.78 Å². The van der Waals surface area contributed by atoms with E-state index in [9.17, 15) is 13.6 Å². The lowest BCUT2D eigenvalue weighted by Gasteiger charge is -2.22. The van der Waals surface area contributed by atoms with Crippen molar-refractivity contribution in [3.63, 3.8) is 0 Å². The molecule has 1 aliphatic heterocycles. The minimum atomic E-state index is -0.942. The molecule has 2 aromatic rings. The number of thiol groups is 1. The van der Waals surface area contributed by atoms with Crippen LogP contribution in [0, 0.1) is 11.6 Å². The molecule has 5 nitrogen and oxygen atoms in total. The summed E-state index contributed by atoms with van der Waals surface area (Å²) in [6, 6.07) is 7.48. The van der Waals surface area contributed by atoms with Crippen LogP contribution in [0.3, 0.4) is 0 Å². The Morgan fingerprint density at radius 3 is 2.66 bits per heavy atom. The number of aromatic nitrogens is 1. The average molecular weight is 475 g/mol. The van der Waals surface area contributed by atoms with Crippen molar-refractivity contribution in [1.29, 1.82) is 0 Å². The molecule has 32 heavy (non-hydrogen) atoms. The van der Waals surface area contributed by atoms with Gasteiger partial charge in [-0.25, -0.2) is 8.78 Å². The molecule has 2 heterocycles. The average Bonchev–Trinajstić information content (AvgIpc) is 3.25. The zero-order chi connectivity index (χ0) is 22.5. The molecular formula is C23H24F2N4OS2. The first-order valence-corrected chi connectivity index (χ1v) is 12.3. The van der Waals surface area contributed by atoms with Crippen LogP contribution in [0.4, 0.5) is 14.5 Å². The number of carbonyl (C=O) groups excluding carboxylic acids is 1. The summed E-state index contributed by atoms with van der Waals surface area (Å²) in [5.74, 6) is -1.98. The van der Waals surface area contributed by atoms with Gasteiger partial charge in [0.25, 0.3) is 5.91 Å². The van der Waals surface area contributed by atoms with Gasteiger partial charge >= 0.3 is 0 Å². The van der Waals surface area contributed by atoms with Gasteiger partial charge in [-0.2, -0.15) is 10.9 Å². The number of anilines is 1. The number of hydrogen-bond acceptors (Lipinski definition) is 3. The molecule has 0 bridgehead atoms. The van der Waals surface area contributed by atoms with E-state index in [2.05, 4.69) is 26.3 Å². The van der Waals surface area contributed by atoms with E-state index in [4.69, 9.17) is 12.2 Å². The zero-order valence-corrected chi connectivity index (χ0v) is 19.0. The fourth-order valence-electron chi connectivity index (χ4n) is 3.71. The quantitative estimate of drug-likeness (QED) is 0.357. The van der Waals surface area contributed by atoms with Crippen LogP contribution in [0.1, 0.15) is 42.6 Å².